The maximum Gasteiger partial charge on any atom is 0.122 e. The summed E-state index contributed by atoms with van der Waals surface area (Å²) in [6, 6.07) is 6.02. The molecule has 3 nitrogen and oxygen atoms in total. The number of benzene rings is 1. The summed E-state index contributed by atoms with van der Waals surface area (Å²) in [5, 5.41) is 0. The molecule has 1 atom stereocenters. The lowest BCUT2D eigenvalue weighted by Gasteiger charge is -2.20. The van der Waals surface area contributed by atoms with Crippen molar-refractivity contribution in [1.82, 2.24) is 0 Å². The van der Waals surface area contributed by atoms with E-state index in [9.17, 15) is 0 Å². The van der Waals surface area contributed by atoms with Gasteiger partial charge in [-0.05, 0) is 36.5 Å². The number of rotatable bonds is 4. The third kappa shape index (κ3) is 3.30. The highest BCUT2D eigenvalue weighted by atomic mass is 35.5. The molecule has 1 aliphatic rings. The molecule has 0 radical (unpaired) electrons. The highest BCUT2D eigenvalue weighted by Crippen LogP contribution is 2.36. The molecule has 0 amide bonds. The summed E-state index contributed by atoms with van der Waals surface area (Å²) >= 11 is 0. The van der Waals surface area contributed by atoms with Crippen LogP contribution >= 0.6 is 12.4 Å². The fourth-order valence-electron chi connectivity index (χ4n) is 2.61. The summed E-state index contributed by atoms with van der Waals surface area (Å²) in [6.45, 7) is 0. The van der Waals surface area contributed by atoms with Crippen LogP contribution in [0.1, 0.15) is 37.3 Å². The SMILES string of the molecule is COc1cc(OC)cc([C@H](N)C2CCCC2)c1.Cl. The monoisotopic (exact) mass is 271 g/mol. The van der Waals surface area contributed by atoms with E-state index in [4.69, 9.17) is 15.2 Å². The average molecular weight is 272 g/mol. The molecule has 2 N–H and O–H groups in total. The Bertz CT molecular complexity index is 356. The molecule has 0 heterocycles. The van der Waals surface area contributed by atoms with Crippen LogP contribution in [0.4, 0.5) is 0 Å². The van der Waals surface area contributed by atoms with E-state index in [2.05, 4.69) is 0 Å². The van der Waals surface area contributed by atoms with E-state index in [-0.39, 0.29) is 18.4 Å². The van der Waals surface area contributed by atoms with E-state index >= 15 is 0 Å². The second kappa shape index (κ2) is 6.86. The number of ether oxygens (including phenoxy) is 2. The first kappa shape index (κ1) is 15.1. The predicted molar refractivity (Wildman–Crippen MR) is 75.7 cm³/mol. The zero-order chi connectivity index (χ0) is 12.3. The van der Waals surface area contributed by atoms with Gasteiger partial charge in [0.2, 0.25) is 0 Å². The Labute approximate surface area is 115 Å². The quantitative estimate of drug-likeness (QED) is 0.914. The Kier molecular flexibility index (Phi) is 5.76. The lowest BCUT2D eigenvalue weighted by Crippen LogP contribution is -2.19. The Balaban J connectivity index is 0.00000162. The van der Waals surface area contributed by atoms with Gasteiger partial charge in [0.1, 0.15) is 11.5 Å². The highest BCUT2D eigenvalue weighted by Gasteiger charge is 2.23. The maximum absolute atomic E-state index is 6.34. The van der Waals surface area contributed by atoms with E-state index < -0.39 is 0 Å². The Morgan fingerprint density at radius 3 is 2.00 bits per heavy atom. The lowest BCUT2D eigenvalue weighted by molar-refractivity contribution is 0.388. The van der Waals surface area contributed by atoms with Crippen molar-refractivity contribution in [2.24, 2.45) is 11.7 Å². The number of hydrogen-bond acceptors (Lipinski definition) is 3. The summed E-state index contributed by atoms with van der Waals surface area (Å²) < 4.78 is 10.5. The van der Waals surface area contributed by atoms with Gasteiger partial charge in [0.05, 0.1) is 14.2 Å². The lowest BCUT2D eigenvalue weighted by atomic mass is 9.92. The number of hydrogen-bond donors (Lipinski definition) is 1. The van der Waals surface area contributed by atoms with Crippen LogP contribution in [0.2, 0.25) is 0 Å². The van der Waals surface area contributed by atoms with E-state index in [0.717, 1.165) is 17.1 Å². The molecule has 0 bridgehead atoms. The van der Waals surface area contributed by atoms with Crippen LogP contribution in [-0.4, -0.2) is 14.2 Å². The minimum absolute atomic E-state index is 0. The zero-order valence-corrected chi connectivity index (χ0v) is 11.8. The van der Waals surface area contributed by atoms with Crippen LogP contribution in [0, 0.1) is 5.92 Å². The smallest absolute Gasteiger partial charge is 0.122 e. The summed E-state index contributed by atoms with van der Waals surface area (Å²) in [5.74, 6) is 2.23. The van der Waals surface area contributed by atoms with Crippen LogP contribution in [0.15, 0.2) is 18.2 Å². The van der Waals surface area contributed by atoms with E-state index in [0.29, 0.717) is 5.92 Å². The first-order chi connectivity index (χ1) is 8.24. The largest absolute Gasteiger partial charge is 0.497 e. The standard InChI is InChI=1S/C14H21NO2.ClH/c1-16-12-7-11(8-13(9-12)17-2)14(15)10-5-3-4-6-10;/h7-10,14H,3-6,15H2,1-2H3;1H/t14-;/m1./s1. The van der Waals surface area contributed by atoms with Gasteiger partial charge < -0.3 is 15.2 Å². The van der Waals surface area contributed by atoms with Gasteiger partial charge in [-0.15, -0.1) is 12.4 Å². The van der Waals surface area contributed by atoms with Crippen LogP contribution < -0.4 is 15.2 Å². The van der Waals surface area contributed by atoms with Crippen molar-refractivity contribution in [3.05, 3.63) is 23.8 Å². The third-order valence-corrected chi connectivity index (χ3v) is 3.67. The third-order valence-electron chi connectivity index (χ3n) is 3.67. The fourth-order valence-corrected chi connectivity index (χ4v) is 2.61. The van der Waals surface area contributed by atoms with Gasteiger partial charge in [-0.3, -0.25) is 0 Å². The second-order valence-corrected chi connectivity index (χ2v) is 4.72. The minimum Gasteiger partial charge on any atom is -0.497 e. The molecule has 1 aliphatic carbocycles. The van der Waals surface area contributed by atoms with Gasteiger partial charge in [0.25, 0.3) is 0 Å². The molecule has 0 saturated heterocycles. The molecule has 1 fully saturated rings. The van der Waals surface area contributed by atoms with Crippen molar-refractivity contribution in [1.29, 1.82) is 0 Å². The van der Waals surface area contributed by atoms with Crippen molar-refractivity contribution in [2.75, 3.05) is 14.2 Å². The molecule has 2 rings (SSSR count). The summed E-state index contributed by atoms with van der Waals surface area (Å²) in [7, 11) is 3.33. The topological polar surface area (TPSA) is 44.5 Å². The highest BCUT2D eigenvalue weighted by molar-refractivity contribution is 5.85. The van der Waals surface area contributed by atoms with Gasteiger partial charge in [0, 0.05) is 12.1 Å². The van der Waals surface area contributed by atoms with Crippen molar-refractivity contribution >= 4 is 12.4 Å². The molecule has 1 aromatic carbocycles. The molecular weight excluding hydrogens is 250 g/mol. The molecule has 0 aliphatic heterocycles. The first-order valence-corrected chi connectivity index (χ1v) is 6.23. The molecule has 1 aromatic rings. The van der Waals surface area contributed by atoms with Gasteiger partial charge in [-0.1, -0.05) is 12.8 Å². The van der Waals surface area contributed by atoms with Gasteiger partial charge in [-0.2, -0.15) is 0 Å². The Hall–Kier alpha value is -0.930. The second-order valence-electron chi connectivity index (χ2n) is 4.72. The van der Waals surface area contributed by atoms with Gasteiger partial charge in [-0.25, -0.2) is 0 Å². The molecule has 1 saturated carbocycles. The zero-order valence-electron chi connectivity index (χ0n) is 11.0. The minimum atomic E-state index is 0. The normalized spacial score (nSPS) is 17.1. The molecule has 102 valence electrons. The average Bonchev–Trinajstić information content (AvgIpc) is 2.91. The van der Waals surface area contributed by atoms with Gasteiger partial charge >= 0.3 is 0 Å². The van der Waals surface area contributed by atoms with E-state index in [1.54, 1.807) is 14.2 Å². The molecule has 4 heteroatoms. The number of methoxy groups -OCH3 is 2. The summed E-state index contributed by atoms with van der Waals surface area (Å²) in [6.07, 6.45) is 5.08. The molecular formula is C14H22ClNO2. The van der Waals surface area contributed by atoms with Crippen LogP contribution in [0.5, 0.6) is 11.5 Å². The van der Waals surface area contributed by atoms with Crippen LogP contribution in [0.3, 0.4) is 0 Å². The number of halogens is 1. The predicted octanol–water partition coefficient (Wildman–Crippen LogP) is 3.32. The molecule has 0 spiro atoms. The van der Waals surface area contributed by atoms with Crippen LogP contribution in [0.25, 0.3) is 0 Å². The summed E-state index contributed by atoms with van der Waals surface area (Å²) in [4.78, 5) is 0. The molecule has 0 aromatic heterocycles. The first-order valence-electron chi connectivity index (χ1n) is 6.23. The molecule has 0 unspecified atom stereocenters. The Morgan fingerprint density at radius 1 is 1.06 bits per heavy atom. The van der Waals surface area contributed by atoms with E-state index in [1.807, 2.05) is 18.2 Å². The van der Waals surface area contributed by atoms with Crippen molar-refractivity contribution in [2.45, 2.75) is 31.7 Å². The van der Waals surface area contributed by atoms with Gasteiger partial charge in [0.15, 0.2) is 0 Å². The Morgan fingerprint density at radius 2 is 1.56 bits per heavy atom. The fraction of sp³-hybridized carbons (Fsp3) is 0.571. The summed E-state index contributed by atoms with van der Waals surface area (Å²) in [5.41, 5.74) is 7.45. The maximum atomic E-state index is 6.34. The number of nitrogens with two attached hydrogens (primary N) is 1. The van der Waals surface area contributed by atoms with E-state index in [1.165, 1.54) is 25.7 Å². The van der Waals surface area contributed by atoms with Crippen molar-refractivity contribution in [3.63, 3.8) is 0 Å². The van der Waals surface area contributed by atoms with Crippen molar-refractivity contribution < 1.29 is 9.47 Å². The molecule has 18 heavy (non-hydrogen) atoms. The van der Waals surface area contributed by atoms with Crippen molar-refractivity contribution in [3.8, 4) is 11.5 Å². The van der Waals surface area contributed by atoms with Crippen LogP contribution in [-0.2, 0) is 0 Å².